The van der Waals surface area contributed by atoms with E-state index in [1.54, 1.807) is 0 Å². The number of nitrogens with zero attached hydrogens (tertiary/aromatic N) is 1. The Morgan fingerprint density at radius 3 is 1.86 bits per heavy atom. The van der Waals surface area contributed by atoms with Crippen LogP contribution < -0.4 is 5.32 Å². The van der Waals surface area contributed by atoms with Crippen molar-refractivity contribution in [3.63, 3.8) is 0 Å². The van der Waals surface area contributed by atoms with Gasteiger partial charge in [0.25, 0.3) is 0 Å². The van der Waals surface area contributed by atoms with Crippen molar-refractivity contribution in [2.75, 3.05) is 13.1 Å². The molecule has 0 spiro atoms. The molecular formula is C17H28N2O2. The van der Waals surface area contributed by atoms with E-state index in [1.165, 1.54) is 25.7 Å². The lowest BCUT2D eigenvalue weighted by Gasteiger charge is -2.34. The predicted molar refractivity (Wildman–Crippen MR) is 81.7 cm³/mol. The number of carbonyl (C=O) groups is 2. The molecule has 4 nitrogen and oxygen atoms in total. The highest BCUT2D eigenvalue weighted by Crippen LogP contribution is 2.28. The molecule has 2 aliphatic carbocycles. The number of piperidine rings is 1. The summed E-state index contributed by atoms with van der Waals surface area (Å²) in [6, 6.07) is 0.283. The van der Waals surface area contributed by atoms with E-state index in [-0.39, 0.29) is 23.8 Å². The molecule has 3 fully saturated rings. The Labute approximate surface area is 127 Å². The molecule has 0 unspecified atom stereocenters. The molecule has 2 amide bonds. The lowest BCUT2D eigenvalue weighted by Crippen LogP contribution is -2.48. The maximum absolute atomic E-state index is 12.4. The predicted octanol–water partition coefficient (Wildman–Crippen LogP) is 2.47. The molecule has 21 heavy (non-hydrogen) atoms. The summed E-state index contributed by atoms with van der Waals surface area (Å²) in [6.45, 7) is 1.65. The van der Waals surface area contributed by atoms with E-state index in [0.717, 1.165) is 51.6 Å². The first kappa shape index (κ1) is 14.9. The molecular weight excluding hydrogens is 264 g/mol. The first-order valence-corrected chi connectivity index (χ1v) is 8.83. The van der Waals surface area contributed by atoms with Crippen molar-refractivity contribution < 1.29 is 9.59 Å². The fourth-order valence-corrected chi connectivity index (χ4v) is 4.18. The zero-order valence-electron chi connectivity index (χ0n) is 13.0. The monoisotopic (exact) mass is 292 g/mol. The molecule has 0 aromatic carbocycles. The fourth-order valence-electron chi connectivity index (χ4n) is 4.18. The minimum absolute atomic E-state index is 0.253. The van der Waals surface area contributed by atoms with Gasteiger partial charge in [-0.25, -0.2) is 0 Å². The third-order valence-electron chi connectivity index (χ3n) is 5.58. The first-order valence-electron chi connectivity index (χ1n) is 8.83. The molecule has 0 bridgehead atoms. The minimum atomic E-state index is 0.253. The summed E-state index contributed by atoms with van der Waals surface area (Å²) in [5, 5.41) is 3.21. The number of carbonyl (C=O) groups excluding carboxylic acids is 2. The molecule has 2 saturated carbocycles. The molecule has 1 N–H and O–H groups in total. The Kier molecular flexibility index (Phi) is 4.81. The second-order valence-electron chi connectivity index (χ2n) is 7.07. The van der Waals surface area contributed by atoms with Crippen molar-refractivity contribution in [2.24, 2.45) is 11.8 Å². The maximum Gasteiger partial charge on any atom is 0.225 e. The number of hydrogen-bond donors (Lipinski definition) is 1. The Hall–Kier alpha value is -1.06. The van der Waals surface area contributed by atoms with Gasteiger partial charge in [0.05, 0.1) is 0 Å². The molecule has 0 aromatic heterocycles. The average molecular weight is 292 g/mol. The Morgan fingerprint density at radius 2 is 1.29 bits per heavy atom. The maximum atomic E-state index is 12.4. The van der Waals surface area contributed by atoms with Crippen molar-refractivity contribution in [2.45, 2.75) is 70.3 Å². The van der Waals surface area contributed by atoms with Gasteiger partial charge >= 0.3 is 0 Å². The summed E-state index contributed by atoms with van der Waals surface area (Å²) in [6.07, 6.45) is 11.0. The van der Waals surface area contributed by atoms with E-state index in [2.05, 4.69) is 5.32 Å². The summed E-state index contributed by atoms with van der Waals surface area (Å²) < 4.78 is 0. The number of rotatable bonds is 3. The highest BCUT2D eigenvalue weighted by Gasteiger charge is 2.31. The smallest absolute Gasteiger partial charge is 0.225 e. The van der Waals surface area contributed by atoms with Crippen LogP contribution in [-0.2, 0) is 9.59 Å². The number of nitrogens with one attached hydrogen (secondary N) is 1. The van der Waals surface area contributed by atoms with E-state index < -0.39 is 0 Å². The molecule has 1 heterocycles. The largest absolute Gasteiger partial charge is 0.353 e. The summed E-state index contributed by atoms with van der Waals surface area (Å²) in [5.74, 6) is 1.17. The lowest BCUT2D eigenvalue weighted by molar-refractivity contribution is -0.136. The van der Waals surface area contributed by atoms with Crippen LogP contribution in [0.1, 0.15) is 64.2 Å². The summed E-state index contributed by atoms with van der Waals surface area (Å²) in [5.41, 5.74) is 0. The van der Waals surface area contributed by atoms with Gasteiger partial charge in [-0.3, -0.25) is 9.59 Å². The van der Waals surface area contributed by atoms with Crippen LogP contribution in [0.25, 0.3) is 0 Å². The van der Waals surface area contributed by atoms with Crippen molar-refractivity contribution in [3.8, 4) is 0 Å². The molecule has 0 aromatic rings. The van der Waals surface area contributed by atoms with Gasteiger partial charge in [-0.2, -0.15) is 0 Å². The molecule has 0 atom stereocenters. The van der Waals surface area contributed by atoms with Crippen LogP contribution in [-0.4, -0.2) is 35.8 Å². The number of hydrogen-bond acceptors (Lipinski definition) is 2. The van der Waals surface area contributed by atoms with Crippen LogP contribution >= 0.6 is 0 Å². The Balaban J connectivity index is 1.42. The molecule has 3 rings (SSSR count). The van der Waals surface area contributed by atoms with Crippen molar-refractivity contribution in [3.05, 3.63) is 0 Å². The van der Waals surface area contributed by atoms with Crippen molar-refractivity contribution in [1.29, 1.82) is 0 Å². The first-order chi connectivity index (χ1) is 10.2. The van der Waals surface area contributed by atoms with E-state index in [0.29, 0.717) is 5.91 Å². The van der Waals surface area contributed by atoms with E-state index in [1.807, 2.05) is 4.90 Å². The average Bonchev–Trinajstić information content (AvgIpc) is 3.20. The van der Waals surface area contributed by atoms with E-state index in [9.17, 15) is 9.59 Å². The van der Waals surface area contributed by atoms with Gasteiger partial charge in [-0.1, -0.05) is 25.7 Å². The fraction of sp³-hybridized carbons (Fsp3) is 0.882. The van der Waals surface area contributed by atoms with Gasteiger partial charge in [-0.15, -0.1) is 0 Å². The lowest BCUT2D eigenvalue weighted by atomic mass is 10.00. The zero-order chi connectivity index (χ0) is 14.7. The standard InChI is InChI=1S/C17H28N2O2/c20-16(13-5-1-2-6-13)18-15-9-11-19(12-10-15)17(21)14-7-3-4-8-14/h13-15H,1-12H2,(H,18,20). The summed E-state index contributed by atoms with van der Waals surface area (Å²) >= 11 is 0. The van der Waals surface area contributed by atoms with E-state index >= 15 is 0 Å². The number of likely N-dealkylation sites (tertiary alicyclic amines) is 1. The van der Waals surface area contributed by atoms with Crippen LogP contribution in [0.15, 0.2) is 0 Å². The van der Waals surface area contributed by atoms with Gasteiger partial charge in [0.15, 0.2) is 0 Å². The molecule has 1 aliphatic heterocycles. The molecule has 0 radical (unpaired) electrons. The van der Waals surface area contributed by atoms with Crippen molar-refractivity contribution in [1.82, 2.24) is 10.2 Å². The van der Waals surface area contributed by atoms with Gasteiger partial charge in [0.1, 0.15) is 0 Å². The SMILES string of the molecule is O=C(NC1CCN(C(=O)C2CCCC2)CC1)C1CCCC1. The molecule has 1 saturated heterocycles. The molecule has 3 aliphatic rings. The summed E-state index contributed by atoms with van der Waals surface area (Å²) in [7, 11) is 0. The zero-order valence-corrected chi connectivity index (χ0v) is 13.0. The Morgan fingerprint density at radius 1 is 0.762 bits per heavy atom. The Bertz CT molecular complexity index is 376. The topological polar surface area (TPSA) is 49.4 Å². The van der Waals surface area contributed by atoms with Crippen LogP contribution in [0.5, 0.6) is 0 Å². The van der Waals surface area contributed by atoms with Crippen LogP contribution in [0, 0.1) is 11.8 Å². The van der Waals surface area contributed by atoms with E-state index in [4.69, 9.17) is 0 Å². The summed E-state index contributed by atoms with van der Waals surface area (Å²) in [4.78, 5) is 26.6. The quantitative estimate of drug-likeness (QED) is 0.868. The van der Waals surface area contributed by atoms with Crippen LogP contribution in [0.3, 0.4) is 0 Å². The van der Waals surface area contributed by atoms with Gasteiger partial charge < -0.3 is 10.2 Å². The van der Waals surface area contributed by atoms with Gasteiger partial charge in [-0.05, 0) is 38.5 Å². The van der Waals surface area contributed by atoms with Crippen LogP contribution in [0.2, 0.25) is 0 Å². The molecule has 4 heteroatoms. The van der Waals surface area contributed by atoms with Crippen molar-refractivity contribution >= 4 is 11.8 Å². The van der Waals surface area contributed by atoms with Gasteiger partial charge in [0.2, 0.25) is 11.8 Å². The second kappa shape index (κ2) is 6.80. The van der Waals surface area contributed by atoms with Gasteiger partial charge in [0, 0.05) is 31.0 Å². The minimum Gasteiger partial charge on any atom is -0.353 e. The highest BCUT2D eigenvalue weighted by molar-refractivity contribution is 5.80. The van der Waals surface area contributed by atoms with Crippen LogP contribution in [0.4, 0.5) is 0 Å². The normalized spacial score (nSPS) is 25.4. The number of amides is 2. The third kappa shape index (κ3) is 3.58. The molecule has 118 valence electrons. The highest BCUT2D eigenvalue weighted by atomic mass is 16.2. The third-order valence-corrected chi connectivity index (χ3v) is 5.58. The second-order valence-corrected chi connectivity index (χ2v) is 7.07.